The lowest BCUT2D eigenvalue weighted by Gasteiger charge is -2.18. The predicted octanol–water partition coefficient (Wildman–Crippen LogP) is 2.86. The van der Waals surface area contributed by atoms with E-state index >= 15 is 0 Å². The normalized spacial score (nSPS) is 11.4. The van der Waals surface area contributed by atoms with Gasteiger partial charge in [-0.1, -0.05) is 35.4 Å². The fraction of sp³-hybridized carbons (Fsp3) is 0.421. The number of rotatable bonds is 8. The molecule has 0 unspecified atom stereocenters. The summed E-state index contributed by atoms with van der Waals surface area (Å²) in [6.45, 7) is 2.58. The van der Waals surface area contributed by atoms with Crippen molar-refractivity contribution in [2.24, 2.45) is 0 Å². The van der Waals surface area contributed by atoms with Gasteiger partial charge in [-0.25, -0.2) is 9.78 Å². The number of fused-ring (bicyclic) bond motifs is 2. The Morgan fingerprint density at radius 2 is 1.93 bits per heavy atom. The summed E-state index contributed by atoms with van der Waals surface area (Å²) in [4.78, 5) is 45.3. The minimum Gasteiger partial charge on any atom is -0.481 e. The highest BCUT2D eigenvalue weighted by atomic mass is 127. The molecule has 1 aromatic carbocycles. The molecule has 0 saturated heterocycles. The Morgan fingerprint density at radius 1 is 1.18 bits per heavy atom. The van der Waals surface area contributed by atoms with Crippen LogP contribution < -0.4 is 11.2 Å². The number of aromatic nitrogens is 4. The molecule has 2 heterocycles. The van der Waals surface area contributed by atoms with Crippen LogP contribution >= 0.6 is 22.6 Å². The first-order valence-electron chi connectivity index (χ1n) is 9.12. The van der Waals surface area contributed by atoms with Gasteiger partial charge in [0.05, 0.1) is 11.0 Å². The monoisotopic (exact) mass is 496 g/mol. The first-order chi connectivity index (χ1) is 13.4. The Labute approximate surface area is 174 Å². The number of aliphatic carboxylic acids is 1. The third kappa shape index (κ3) is 4.40. The maximum absolute atomic E-state index is 12.3. The number of aryl methyl sites for hydroxylation is 2. The summed E-state index contributed by atoms with van der Waals surface area (Å²) in [5.41, 5.74) is 2.72. The molecule has 0 atom stereocenters. The zero-order valence-corrected chi connectivity index (χ0v) is 17.7. The third-order valence-electron chi connectivity index (χ3n) is 4.73. The van der Waals surface area contributed by atoms with E-state index in [9.17, 15) is 14.4 Å². The van der Waals surface area contributed by atoms with E-state index in [1.807, 2.05) is 23.6 Å². The van der Waals surface area contributed by atoms with Gasteiger partial charge in [0.15, 0.2) is 11.5 Å². The number of nitrogens with zero attached hydrogens (tertiary/aromatic N) is 3. The summed E-state index contributed by atoms with van der Waals surface area (Å²) in [6.07, 6.45) is 3.26. The molecule has 0 aliphatic carbocycles. The summed E-state index contributed by atoms with van der Waals surface area (Å²) in [6, 6.07) is 4.00. The number of hydrogen-bond donors (Lipinski definition) is 2. The SMILES string of the molecule is Cc1cc2nc3c(=O)[nH]c(=O)nc-3n(CCCCCCC(=O)O)c2cc1CI. The maximum atomic E-state index is 12.3. The lowest BCUT2D eigenvalue weighted by molar-refractivity contribution is -0.137. The summed E-state index contributed by atoms with van der Waals surface area (Å²) in [5.74, 6) is -0.497. The number of carboxylic acid groups (broad SMARTS) is 1. The topological polar surface area (TPSA) is 118 Å². The van der Waals surface area contributed by atoms with Gasteiger partial charge in [0.1, 0.15) is 0 Å². The Balaban J connectivity index is 2.02. The minimum atomic E-state index is -0.784. The lowest BCUT2D eigenvalue weighted by Crippen LogP contribution is -2.29. The molecule has 8 nitrogen and oxygen atoms in total. The molecule has 0 spiro atoms. The van der Waals surface area contributed by atoms with Crippen molar-refractivity contribution in [2.45, 2.75) is 50.0 Å². The molecule has 0 bridgehead atoms. The maximum Gasteiger partial charge on any atom is 0.349 e. The fourth-order valence-electron chi connectivity index (χ4n) is 3.26. The lowest BCUT2D eigenvalue weighted by atomic mass is 10.1. The molecule has 0 amide bonds. The number of halogens is 1. The number of carboxylic acids is 1. The standard InChI is InChI=1S/C19H21IN4O4/c1-11-8-13-14(9-12(11)10-20)24(7-5-3-2-4-6-15(25)26)17-16(21-13)18(27)23-19(28)22-17/h8-9H,2-7,10H2,1H3,(H,25,26)(H,23,27,28). The zero-order chi connectivity index (χ0) is 20.3. The third-order valence-corrected chi connectivity index (χ3v) is 5.55. The molecule has 0 fully saturated rings. The Hall–Kier alpha value is -2.30. The van der Waals surface area contributed by atoms with Crippen LogP contribution in [0.5, 0.6) is 0 Å². The quantitative estimate of drug-likeness (QED) is 0.214. The summed E-state index contributed by atoms with van der Waals surface area (Å²) in [7, 11) is 0. The molecule has 2 N–H and O–H groups in total. The molecule has 0 radical (unpaired) electrons. The number of unbranched alkanes of at least 4 members (excludes halogenated alkanes) is 3. The van der Waals surface area contributed by atoms with Crippen molar-refractivity contribution >= 4 is 39.6 Å². The molecule has 28 heavy (non-hydrogen) atoms. The average Bonchev–Trinajstić information content (AvgIpc) is 2.63. The van der Waals surface area contributed by atoms with Gasteiger partial charge in [-0.3, -0.25) is 14.6 Å². The van der Waals surface area contributed by atoms with Gasteiger partial charge in [-0.05, 0) is 43.0 Å². The van der Waals surface area contributed by atoms with Gasteiger partial charge < -0.3 is 9.67 Å². The Bertz CT molecular complexity index is 1110. The van der Waals surface area contributed by atoms with Crippen LogP contribution in [0.15, 0.2) is 21.7 Å². The van der Waals surface area contributed by atoms with E-state index in [4.69, 9.17) is 5.11 Å². The van der Waals surface area contributed by atoms with Crippen molar-refractivity contribution in [1.29, 1.82) is 0 Å². The average molecular weight is 496 g/mol. The number of aromatic amines is 1. The molecule has 148 valence electrons. The van der Waals surface area contributed by atoms with Crippen LogP contribution in [0, 0.1) is 6.92 Å². The van der Waals surface area contributed by atoms with Crippen LogP contribution in [0.25, 0.3) is 22.6 Å². The minimum absolute atomic E-state index is 0.152. The van der Waals surface area contributed by atoms with Crippen molar-refractivity contribution in [1.82, 2.24) is 19.5 Å². The summed E-state index contributed by atoms with van der Waals surface area (Å²) < 4.78 is 2.73. The van der Waals surface area contributed by atoms with Gasteiger partial charge in [0, 0.05) is 17.4 Å². The van der Waals surface area contributed by atoms with Crippen LogP contribution in [-0.2, 0) is 15.8 Å². The van der Waals surface area contributed by atoms with E-state index in [2.05, 4.69) is 37.5 Å². The number of benzene rings is 1. The number of hydrogen-bond acceptors (Lipinski definition) is 5. The van der Waals surface area contributed by atoms with Crippen molar-refractivity contribution in [3.8, 4) is 11.5 Å². The van der Waals surface area contributed by atoms with Crippen molar-refractivity contribution in [3.63, 3.8) is 0 Å². The van der Waals surface area contributed by atoms with E-state index < -0.39 is 17.2 Å². The first kappa shape index (κ1) is 20.4. The van der Waals surface area contributed by atoms with E-state index in [1.165, 1.54) is 0 Å². The van der Waals surface area contributed by atoms with E-state index in [-0.39, 0.29) is 17.9 Å². The molecule has 0 aromatic heterocycles. The van der Waals surface area contributed by atoms with Crippen LogP contribution in [0.3, 0.4) is 0 Å². The summed E-state index contributed by atoms with van der Waals surface area (Å²) in [5, 5.41) is 8.73. The van der Waals surface area contributed by atoms with Crippen LogP contribution in [0.2, 0.25) is 0 Å². The van der Waals surface area contributed by atoms with Gasteiger partial charge in [-0.2, -0.15) is 4.98 Å². The van der Waals surface area contributed by atoms with Crippen molar-refractivity contribution in [3.05, 3.63) is 44.1 Å². The molecule has 2 aliphatic heterocycles. The van der Waals surface area contributed by atoms with E-state index in [0.29, 0.717) is 18.5 Å². The highest BCUT2D eigenvalue weighted by Gasteiger charge is 2.19. The van der Waals surface area contributed by atoms with Crippen LogP contribution in [0.4, 0.5) is 0 Å². The molecular formula is C19H21IN4O4. The van der Waals surface area contributed by atoms with Crippen LogP contribution in [0.1, 0.15) is 43.2 Å². The smallest absolute Gasteiger partial charge is 0.349 e. The zero-order valence-electron chi connectivity index (χ0n) is 15.5. The molecule has 0 saturated carbocycles. The molecular weight excluding hydrogens is 475 g/mol. The van der Waals surface area contributed by atoms with Crippen LogP contribution in [-0.4, -0.2) is 30.6 Å². The largest absolute Gasteiger partial charge is 0.481 e. The number of nitrogens with one attached hydrogen (secondary N) is 1. The number of carbonyl (C=O) groups is 1. The predicted molar refractivity (Wildman–Crippen MR) is 114 cm³/mol. The second-order valence-electron chi connectivity index (χ2n) is 6.77. The fourth-order valence-corrected chi connectivity index (χ4v) is 4.08. The molecule has 1 aromatic rings. The highest BCUT2D eigenvalue weighted by molar-refractivity contribution is 14.1. The Morgan fingerprint density at radius 3 is 2.64 bits per heavy atom. The summed E-state index contributed by atoms with van der Waals surface area (Å²) >= 11 is 2.30. The molecule has 3 rings (SSSR count). The van der Waals surface area contributed by atoms with Crippen molar-refractivity contribution < 1.29 is 9.90 Å². The second kappa shape index (κ2) is 8.80. The molecule has 9 heteroatoms. The van der Waals surface area contributed by atoms with Gasteiger partial charge >= 0.3 is 11.7 Å². The Kier molecular flexibility index (Phi) is 6.42. The van der Waals surface area contributed by atoms with Gasteiger partial charge in [0.2, 0.25) is 0 Å². The number of alkyl halides is 1. The highest BCUT2D eigenvalue weighted by Crippen LogP contribution is 2.25. The van der Waals surface area contributed by atoms with Gasteiger partial charge in [-0.15, -0.1) is 0 Å². The van der Waals surface area contributed by atoms with E-state index in [1.54, 1.807) is 0 Å². The first-order valence-corrected chi connectivity index (χ1v) is 10.6. The van der Waals surface area contributed by atoms with E-state index in [0.717, 1.165) is 40.3 Å². The second-order valence-corrected chi connectivity index (χ2v) is 7.53. The molecule has 2 aliphatic rings. The number of H-pyrrole nitrogens is 1. The van der Waals surface area contributed by atoms with Crippen molar-refractivity contribution in [2.75, 3.05) is 0 Å². The van der Waals surface area contributed by atoms with Gasteiger partial charge in [0.25, 0.3) is 5.56 Å².